The van der Waals surface area contributed by atoms with Gasteiger partial charge < -0.3 is 5.32 Å². The van der Waals surface area contributed by atoms with Gasteiger partial charge in [0.15, 0.2) is 0 Å². The van der Waals surface area contributed by atoms with Crippen molar-refractivity contribution in [3.63, 3.8) is 0 Å². The molecule has 1 aliphatic heterocycles. The van der Waals surface area contributed by atoms with E-state index in [0.29, 0.717) is 0 Å². The largest absolute Gasteiger partial charge is 0.314 e. The molecule has 6 heteroatoms. The molecule has 0 saturated carbocycles. The Bertz CT molecular complexity index is 142. The zero-order chi connectivity index (χ0) is 8.10. The predicted octanol–water partition coefficient (Wildman–Crippen LogP) is 0.114. The van der Waals surface area contributed by atoms with Crippen LogP contribution in [0.3, 0.4) is 0 Å². The second-order valence-electron chi connectivity index (χ2n) is 2.87. The summed E-state index contributed by atoms with van der Waals surface area (Å²) in [5, 5.41) is 3.28. The summed E-state index contributed by atoms with van der Waals surface area (Å²) in [5.41, 5.74) is 0. The average molecular weight is 249 g/mol. The van der Waals surface area contributed by atoms with E-state index < -0.39 is 10.8 Å². The van der Waals surface area contributed by atoms with Gasteiger partial charge in [-0.3, -0.25) is 9.11 Å². The molecule has 1 unspecified atom stereocenters. The van der Waals surface area contributed by atoms with Crippen molar-refractivity contribution in [1.82, 2.24) is 10.2 Å². The maximum atomic E-state index is 10.8. The van der Waals surface area contributed by atoms with Crippen LogP contribution in [0.5, 0.6) is 0 Å². The molecule has 1 aliphatic rings. The topological polar surface area (TPSA) is 32.3 Å². The van der Waals surface area contributed by atoms with Crippen LogP contribution in [0.1, 0.15) is 0 Å². The lowest BCUT2D eigenvalue weighted by molar-refractivity contribution is 0.254. The summed E-state index contributed by atoms with van der Waals surface area (Å²) >= 11 is 0. The third-order valence-electron chi connectivity index (χ3n) is 1.90. The number of piperazine rings is 1. The normalized spacial score (nSPS) is 19.8. The molecular weight excluding hydrogens is 231 g/mol. The lowest BCUT2D eigenvalue weighted by Crippen LogP contribution is -2.44. The second kappa shape index (κ2) is 9.21. The minimum atomic E-state index is -0.629. The van der Waals surface area contributed by atoms with Crippen molar-refractivity contribution in [2.24, 2.45) is 0 Å². The summed E-state index contributed by atoms with van der Waals surface area (Å²) in [7, 11) is -0.629. The third kappa shape index (κ3) is 7.70. The summed E-state index contributed by atoms with van der Waals surface area (Å²) in [6.07, 6.45) is 1.77. The van der Waals surface area contributed by atoms with Crippen molar-refractivity contribution in [3.8, 4) is 0 Å². The van der Waals surface area contributed by atoms with E-state index in [1.165, 1.54) is 0 Å². The van der Waals surface area contributed by atoms with E-state index >= 15 is 0 Å². The van der Waals surface area contributed by atoms with Gasteiger partial charge in [-0.05, 0) is 0 Å². The van der Waals surface area contributed by atoms with Crippen molar-refractivity contribution < 1.29 is 4.21 Å². The van der Waals surface area contributed by atoms with Crippen LogP contribution in [0.4, 0.5) is 0 Å². The molecule has 0 aromatic carbocycles. The van der Waals surface area contributed by atoms with E-state index in [4.69, 9.17) is 0 Å². The van der Waals surface area contributed by atoms with Crippen molar-refractivity contribution in [2.45, 2.75) is 0 Å². The number of nitrogens with zero attached hydrogens (tertiary/aromatic N) is 1. The van der Waals surface area contributed by atoms with Gasteiger partial charge >= 0.3 is 0 Å². The van der Waals surface area contributed by atoms with Gasteiger partial charge in [-0.15, -0.1) is 24.8 Å². The summed E-state index contributed by atoms with van der Waals surface area (Å²) in [6, 6.07) is 0. The summed E-state index contributed by atoms with van der Waals surface area (Å²) < 4.78 is 10.8. The van der Waals surface area contributed by atoms with Crippen LogP contribution in [-0.2, 0) is 10.8 Å². The van der Waals surface area contributed by atoms with E-state index in [1.807, 2.05) is 0 Å². The molecule has 1 N–H and O–H groups in total. The maximum absolute atomic E-state index is 10.8. The Morgan fingerprint density at radius 2 is 1.85 bits per heavy atom. The molecule has 0 radical (unpaired) electrons. The summed E-state index contributed by atoms with van der Waals surface area (Å²) in [4.78, 5) is 2.36. The van der Waals surface area contributed by atoms with Crippen molar-refractivity contribution in [1.29, 1.82) is 0 Å². The SMILES string of the molecule is CS(=O)CCN1CCNCC1.Cl.Cl. The quantitative estimate of drug-likeness (QED) is 0.770. The summed E-state index contributed by atoms with van der Waals surface area (Å²) in [5.74, 6) is 0.819. The molecule has 1 saturated heterocycles. The highest BCUT2D eigenvalue weighted by atomic mass is 35.5. The van der Waals surface area contributed by atoms with E-state index in [2.05, 4.69) is 10.2 Å². The minimum absolute atomic E-state index is 0. The Labute approximate surface area is 94.9 Å². The Morgan fingerprint density at radius 3 is 2.31 bits per heavy atom. The zero-order valence-corrected chi connectivity index (χ0v) is 10.3. The van der Waals surface area contributed by atoms with E-state index in [-0.39, 0.29) is 24.8 Å². The molecule has 0 aromatic heterocycles. The van der Waals surface area contributed by atoms with Crippen LogP contribution in [-0.4, -0.2) is 53.8 Å². The van der Waals surface area contributed by atoms with Gasteiger partial charge in [0.1, 0.15) is 0 Å². The molecule has 1 atom stereocenters. The highest BCUT2D eigenvalue weighted by Crippen LogP contribution is 1.91. The molecule has 0 amide bonds. The smallest absolute Gasteiger partial charge is 0.0359 e. The molecule has 0 aromatic rings. The number of hydrogen-bond donors (Lipinski definition) is 1. The summed E-state index contributed by atoms with van der Waals surface area (Å²) in [6.45, 7) is 5.37. The van der Waals surface area contributed by atoms with Gasteiger partial charge in [-0.2, -0.15) is 0 Å². The molecule has 0 aliphatic carbocycles. The molecule has 3 nitrogen and oxygen atoms in total. The highest BCUT2D eigenvalue weighted by molar-refractivity contribution is 7.84. The fourth-order valence-corrected chi connectivity index (χ4v) is 1.71. The zero-order valence-electron chi connectivity index (χ0n) is 7.82. The molecule has 0 spiro atoms. The van der Waals surface area contributed by atoms with Crippen LogP contribution in [0, 0.1) is 0 Å². The maximum Gasteiger partial charge on any atom is 0.0359 e. The second-order valence-corrected chi connectivity index (χ2v) is 4.42. The lowest BCUT2D eigenvalue weighted by atomic mass is 10.4. The first-order valence-corrected chi connectivity index (χ1v) is 5.75. The number of nitrogens with one attached hydrogen (secondary N) is 1. The Hall–Kier alpha value is 0.650. The number of halogens is 2. The number of hydrogen-bond acceptors (Lipinski definition) is 3. The van der Waals surface area contributed by atoms with E-state index in [1.54, 1.807) is 6.26 Å². The first-order chi connectivity index (χ1) is 5.29. The molecular formula is C7H18Cl2N2OS. The molecule has 0 bridgehead atoms. The van der Waals surface area contributed by atoms with Gasteiger partial charge in [-0.25, -0.2) is 0 Å². The average Bonchev–Trinajstić information content (AvgIpc) is 2.03. The molecule has 13 heavy (non-hydrogen) atoms. The standard InChI is InChI=1S/C7H16N2OS.2ClH/c1-11(10)7-6-9-4-2-8-3-5-9;;/h8H,2-7H2,1H3;2*1H. The number of rotatable bonds is 3. The van der Waals surface area contributed by atoms with Crippen LogP contribution in [0.25, 0.3) is 0 Å². The predicted molar refractivity (Wildman–Crippen MR) is 62.7 cm³/mol. The lowest BCUT2D eigenvalue weighted by Gasteiger charge is -2.26. The Kier molecular flexibility index (Phi) is 11.4. The van der Waals surface area contributed by atoms with Gasteiger partial charge in [0, 0.05) is 55.5 Å². The van der Waals surface area contributed by atoms with Crippen LogP contribution in [0.15, 0.2) is 0 Å². The molecule has 82 valence electrons. The fourth-order valence-electron chi connectivity index (χ4n) is 1.19. The first-order valence-electron chi connectivity index (χ1n) is 4.02. The van der Waals surface area contributed by atoms with Crippen LogP contribution < -0.4 is 5.32 Å². The Balaban J connectivity index is 0. The van der Waals surface area contributed by atoms with Gasteiger partial charge in [0.2, 0.25) is 0 Å². The van der Waals surface area contributed by atoms with Crippen LogP contribution in [0.2, 0.25) is 0 Å². The van der Waals surface area contributed by atoms with Crippen molar-refractivity contribution in [3.05, 3.63) is 0 Å². The minimum Gasteiger partial charge on any atom is -0.314 e. The Morgan fingerprint density at radius 1 is 1.31 bits per heavy atom. The van der Waals surface area contributed by atoms with Crippen LogP contribution >= 0.6 is 24.8 Å². The van der Waals surface area contributed by atoms with Gasteiger partial charge in [-0.1, -0.05) is 0 Å². The fraction of sp³-hybridized carbons (Fsp3) is 1.00. The van der Waals surface area contributed by atoms with E-state index in [9.17, 15) is 4.21 Å². The van der Waals surface area contributed by atoms with Crippen molar-refractivity contribution in [2.75, 3.05) is 44.7 Å². The molecule has 1 fully saturated rings. The first kappa shape index (κ1) is 16.1. The van der Waals surface area contributed by atoms with Gasteiger partial charge in [0.25, 0.3) is 0 Å². The van der Waals surface area contributed by atoms with Gasteiger partial charge in [0.05, 0.1) is 0 Å². The monoisotopic (exact) mass is 248 g/mol. The highest BCUT2D eigenvalue weighted by Gasteiger charge is 2.08. The van der Waals surface area contributed by atoms with Crippen molar-refractivity contribution >= 4 is 35.6 Å². The molecule has 1 heterocycles. The molecule has 1 rings (SSSR count). The third-order valence-corrected chi connectivity index (χ3v) is 2.66. The van der Waals surface area contributed by atoms with E-state index in [0.717, 1.165) is 38.5 Å².